The van der Waals surface area contributed by atoms with Gasteiger partial charge in [0.1, 0.15) is 0 Å². The van der Waals surface area contributed by atoms with Crippen LogP contribution in [0.5, 0.6) is 0 Å². The van der Waals surface area contributed by atoms with Crippen molar-refractivity contribution >= 4 is 11.4 Å². The topological polar surface area (TPSA) is 58.3 Å². The molecule has 16 heavy (non-hydrogen) atoms. The summed E-state index contributed by atoms with van der Waals surface area (Å²) in [6.07, 6.45) is 0. The van der Waals surface area contributed by atoms with E-state index < -0.39 is 11.6 Å². The number of aliphatic hydroxyl groups excluding tert-OH is 1. The molecule has 3 nitrogen and oxygen atoms in total. The lowest BCUT2D eigenvalue weighted by molar-refractivity contribution is 0.249. The Morgan fingerprint density at radius 2 is 2.00 bits per heavy atom. The van der Waals surface area contributed by atoms with Crippen molar-refractivity contribution in [3.8, 4) is 0 Å². The molecule has 0 aromatic heterocycles. The van der Waals surface area contributed by atoms with Crippen LogP contribution in [-0.2, 0) is 0 Å². The summed E-state index contributed by atoms with van der Waals surface area (Å²) in [5.41, 5.74) is 5.58. The summed E-state index contributed by atoms with van der Waals surface area (Å²) in [7, 11) is 0. The Labute approximate surface area is 93.3 Å². The van der Waals surface area contributed by atoms with E-state index in [2.05, 4.69) is 5.32 Å². The fraction of sp³-hybridized carbons (Fsp3) is 0.455. The van der Waals surface area contributed by atoms with Crippen LogP contribution in [0.2, 0.25) is 0 Å². The Morgan fingerprint density at radius 1 is 1.38 bits per heavy atom. The summed E-state index contributed by atoms with van der Waals surface area (Å²) in [5.74, 6) is -1.90. The smallest absolute Gasteiger partial charge is 0.183 e. The molecule has 0 heterocycles. The number of nitrogens with two attached hydrogens (primary N) is 1. The van der Waals surface area contributed by atoms with Crippen LogP contribution < -0.4 is 11.1 Å². The Kier molecular flexibility index (Phi) is 4.06. The second-order valence-corrected chi connectivity index (χ2v) is 4.00. The van der Waals surface area contributed by atoms with Gasteiger partial charge in [-0.05, 0) is 18.1 Å². The van der Waals surface area contributed by atoms with Gasteiger partial charge >= 0.3 is 0 Å². The van der Waals surface area contributed by atoms with E-state index in [0.717, 1.165) is 6.07 Å². The van der Waals surface area contributed by atoms with Gasteiger partial charge in [0.05, 0.1) is 24.0 Å². The van der Waals surface area contributed by atoms with Crippen LogP contribution in [0.3, 0.4) is 0 Å². The van der Waals surface area contributed by atoms with Crippen molar-refractivity contribution < 1.29 is 13.9 Å². The SMILES string of the molecule is CC(C)[C@@H](CO)Nc1c(N)ccc(F)c1F. The maximum absolute atomic E-state index is 13.4. The van der Waals surface area contributed by atoms with Crippen LogP contribution in [0, 0.1) is 17.6 Å². The van der Waals surface area contributed by atoms with Gasteiger partial charge in [0, 0.05) is 0 Å². The summed E-state index contributed by atoms with van der Waals surface area (Å²) in [6, 6.07) is 1.90. The Morgan fingerprint density at radius 3 is 2.50 bits per heavy atom. The van der Waals surface area contributed by atoms with E-state index in [1.165, 1.54) is 6.07 Å². The average Bonchev–Trinajstić information content (AvgIpc) is 2.23. The van der Waals surface area contributed by atoms with E-state index in [-0.39, 0.29) is 29.9 Å². The summed E-state index contributed by atoms with van der Waals surface area (Å²) in [6.45, 7) is 3.55. The van der Waals surface area contributed by atoms with Gasteiger partial charge in [0.2, 0.25) is 0 Å². The van der Waals surface area contributed by atoms with Crippen LogP contribution in [0.4, 0.5) is 20.2 Å². The fourth-order valence-electron chi connectivity index (χ4n) is 1.32. The number of hydrogen-bond donors (Lipinski definition) is 3. The van der Waals surface area contributed by atoms with Crippen molar-refractivity contribution in [2.24, 2.45) is 5.92 Å². The molecule has 1 aromatic rings. The van der Waals surface area contributed by atoms with E-state index in [1.807, 2.05) is 13.8 Å². The number of halogens is 2. The van der Waals surface area contributed by atoms with E-state index >= 15 is 0 Å². The summed E-state index contributed by atoms with van der Waals surface area (Å²) in [4.78, 5) is 0. The van der Waals surface area contributed by atoms with Crippen molar-refractivity contribution in [2.75, 3.05) is 17.7 Å². The zero-order chi connectivity index (χ0) is 12.3. The van der Waals surface area contributed by atoms with Gasteiger partial charge in [-0.25, -0.2) is 8.78 Å². The Hall–Kier alpha value is -1.36. The Bertz CT molecular complexity index is 369. The zero-order valence-corrected chi connectivity index (χ0v) is 9.30. The highest BCUT2D eigenvalue weighted by Gasteiger charge is 2.17. The molecule has 90 valence electrons. The molecule has 1 aromatic carbocycles. The zero-order valence-electron chi connectivity index (χ0n) is 9.30. The minimum atomic E-state index is -1.01. The van der Waals surface area contributed by atoms with Crippen LogP contribution in [0.1, 0.15) is 13.8 Å². The number of benzene rings is 1. The molecule has 0 spiro atoms. The predicted molar refractivity (Wildman–Crippen MR) is 60.1 cm³/mol. The van der Waals surface area contributed by atoms with Gasteiger partial charge < -0.3 is 16.2 Å². The lowest BCUT2D eigenvalue weighted by atomic mass is 10.0. The van der Waals surface area contributed by atoms with E-state index in [9.17, 15) is 8.78 Å². The van der Waals surface area contributed by atoms with E-state index in [0.29, 0.717) is 0 Å². The third-order valence-electron chi connectivity index (χ3n) is 2.46. The normalized spacial score (nSPS) is 12.9. The minimum Gasteiger partial charge on any atom is -0.397 e. The van der Waals surface area contributed by atoms with Crippen molar-refractivity contribution in [3.63, 3.8) is 0 Å². The first kappa shape index (κ1) is 12.7. The van der Waals surface area contributed by atoms with Gasteiger partial charge in [0.25, 0.3) is 0 Å². The Balaban J connectivity index is 3.00. The third-order valence-corrected chi connectivity index (χ3v) is 2.46. The molecule has 1 atom stereocenters. The molecule has 0 aliphatic rings. The molecule has 0 saturated carbocycles. The van der Waals surface area contributed by atoms with Gasteiger partial charge in [-0.1, -0.05) is 13.8 Å². The monoisotopic (exact) mass is 230 g/mol. The van der Waals surface area contributed by atoms with Crippen LogP contribution in [0.25, 0.3) is 0 Å². The molecular formula is C11H16F2N2O. The summed E-state index contributed by atoms with van der Waals surface area (Å²) in [5, 5.41) is 11.8. The van der Waals surface area contributed by atoms with Gasteiger partial charge in [-0.2, -0.15) is 0 Å². The second-order valence-electron chi connectivity index (χ2n) is 4.00. The molecule has 0 saturated heterocycles. The van der Waals surface area contributed by atoms with Crippen LogP contribution in [-0.4, -0.2) is 17.8 Å². The summed E-state index contributed by atoms with van der Waals surface area (Å²) < 4.78 is 26.4. The molecule has 0 amide bonds. The number of nitrogens with one attached hydrogen (secondary N) is 1. The van der Waals surface area contributed by atoms with E-state index in [1.54, 1.807) is 0 Å². The molecule has 0 aliphatic carbocycles. The van der Waals surface area contributed by atoms with Gasteiger partial charge in [0.15, 0.2) is 11.6 Å². The minimum absolute atomic E-state index is 0.0760. The highest BCUT2D eigenvalue weighted by molar-refractivity contribution is 5.67. The molecule has 0 aliphatic heterocycles. The number of hydrogen-bond acceptors (Lipinski definition) is 3. The first-order valence-corrected chi connectivity index (χ1v) is 5.08. The highest BCUT2D eigenvalue weighted by atomic mass is 19.2. The number of rotatable bonds is 4. The van der Waals surface area contributed by atoms with Crippen molar-refractivity contribution in [3.05, 3.63) is 23.8 Å². The number of aliphatic hydroxyl groups is 1. The fourth-order valence-corrected chi connectivity index (χ4v) is 1.32. The van der Waals surface area contributed by atoms with E-state index in [4.69, 9.17) is 10.8 Å². The largest absolute Gasteiger partial charge is 0.397 e. The molecular weight excluding hydrogens is 214 g/mol. The quantitative estimate of drug-likeness (QED) is 0.693. The number of nitrogen functional groups attached to an aromatic ring is 1. The molecule has 5 heteroatoms. The standard InChI is InChI=1S/C11H16F2N2O/c1-6(2)9(5-16)15-11-8(14)4-3-7(12)10(11)13/h3-4,6,9,15-16H,5,14H2,1-2H3/t9-/m1/s1. The molecule has 4 N–H and O–H groups in total. The molecule has 0 unspecified atom stereocenters. The van der Waals surface area contributed by atoms with Crippen molar-refractivity contribution in [1.29, 1.82) is 0 Å². The van der Waals surface area contributed by atoms with Gasteiger partial charge in [-0.15, -0.1) is 0 Å². The second kappa shape index (κ2) is 5.12. The molecule has 0 radical (unpaired) electrons. The van der Waals surface area contributed by atoms with Gasteiger partial charge in [-0.3, -0.25) is 0 Å². The maximum atomic E-state index is 13.4. The highest BCUT2D eigenvalue weighted by Crippen LogP contribution is 2.26. The summed E-state index contributed by atoms with van der Waals surface area (Å²) >= 11 is 0. The molecule has 0 fully saturated rings. The van der Waals surface area contributed by atoms with Crippen LogP contribution >= 0.6 is 0 Å². The average molecular weight is 230 g/mol. The lowest BCUT2D eigenvalue weighted by Gasteiger charge is -2.22. The lowest BCUT2D eigenvalue weighted by Crippen LogP contribution is -2.30. The van der Waals surface area contributed by atoms with Crippen molar-refractivity contribution in [2.45, 2.75) is 19.9 Å². The molecule has 1 rings (SSSR count). The maximum Gasteiger partial charge on any atom is 0.183 e. The number of anilines is 2. The first-order valence-electron chi connectivity index (χ1n) is 5.08. The third kappa shape index (κ3) is 2.61. The van der Waals surface area contributed by atoms with Crippen LogP contribution in [0.15, 0.2) is 12.1 Å². The first-order chi connectivity index (χ1) is 7.47. The predicted octanol–water partition coefficient (Wildman–Crippen LogP) is 1.98. The van der Waals surface area contributed by atoms with Crippen molar-refractivity contribution in [1.82, 2.24) is 0 Å². The molecule has 0 bridgehead atoms.